The maximum absolute atomic E-state index is 4.31. The van der Waals surface area contributed by atoms with Gasteiger partial charge in [0.15, 0.2) is 0 Å². The summed E-state index contributed by atoms with van der Waals surface area (Å²) in [6.45, 7) is 5.02. The fourth-order valence-corrected chi connectivity index (χ4v) is 1.89. The summed E-state index contributed by atoms with van der Waals surface area (Å²) < 4.78 is 2.21. The average molecular weight is 229 g/mol. The zero-order valence-electron chi connectivity index (χ0n) is 10.3. The van der Waals surface area contributed by atoms with Crippen molar-refractivity contribution in [2.24, 2.45) is 0 Å². The summed E-state index contributed by atoms with van der Waals surface area (Å²) in [5, 5.41) is 3.44. The topological polar surface area (TPSA) is 29.9 Å². The first-order valence-corrected chi connectivity index (χ1v) is 6.15. The van der Waals surface area contributed by atoms with E-state index in [2.05, 4.69) is 46.1 Å². The second kappa shape index (κ2) is 6.21. The molecule has 1 heterocycles. The minimum atomic E-state index is 0.928. The Morgan fingerprint density at radius 2 is 2.06 bits per heavy atom. The van der Waals surface area contributed by atoms with Gasteiger partial charge in [0.2, 0.25) is 0 Å². The third-order valence-electron chi connectivity index (χ3n) is 2.82. The van der Waals surface area contributed by atoms with Crippen LogP contribution in [0.4, 0.5) is 0 Å². The van der Waals surface area contributed by atoms with Gasteiger partial charge in [0.1, 0.15) is 5.82 Å². The zero-order valence-corrected chi connectivity index (χ0v) is 10.3. The molecule has 90 valence electrons. The number of nitrogens with zero attached hydrogens (tertiary/aromatic N) is 2. The van der Waals surface area contributed by atoms with E-state index in [1.807, 2.05) is 18.5 Å². The number of benzene rings is 1. The van der Waals surface area contributed by atoms with E-state index in [1.54, 1.807) is 0 Å². The monoisotopic (exact) mass is 229 g/mol. The van der Waals surface area contributed by atoms with Crippen molar-refractivity contribution in [1.82, 2.24) is 14.9 Å². The van der Waals surface area contributed by atoms with E-state index in [0.29, 0.717) is 0 Å². The number of rotatable bonds is 6. The Morgan fingerprint density at radius 3 is 2.82 bits per heavy atom. The van der Waals surface area contributed by atoms with Gasteiger partial charge >= 0.3 is 0 Å². The Labute approximate surface area is 103 Å². The van der Waals surface area contributed by atoms with Crippen molar-refractivity contribution in [1.29, 1.82) is 0 Å². The molecule has 3 nitrogen and oxygen atoms in total. The van der Waals surface area contributed by atoms with Crippen LogP contribution >= 0.6 is 0 Å². The maximum atomic E-state index is 4.31. The van der Waals surface area contributed by atoms with E-state index in [-0.39, 0.29) is 0 Å². The highest BCUT2D eigenvalue weighted by atomic mass is 15.1. The lowest BCUT2D eigenvalue weighted by molar-refractivity contribution is 0.581. The Bertz CT molecular complexity index is 434. The molecule has 2 rings (SSSR count). The molecule has 1 aromatic heterocycles. The second-order valence-corrected chi connectivity index (χ2v) is 4.05. The fraction of sp³-hybridized carbons (Fsp3) is 0.357. The van der Waals surface area contributed by atoms with Gasteiger partial charge in [-0.15, -0.1) is 0 Å². The third-order valence-corrected chi connectivity index (χ3v) is 2.82. The summed E-state index contributed by atoms with van der Waals surface area (Å²) in [4.78, 5) is 4.31. The number of hydrogen-bond donors (Lipinski definition) is 1. The average Bonchev–Trinajstić information content (AvgIpc) is 2.83. The van der Waals surface area contributed by atoms with Crippen LogP contribution in [0.2, 0.25) is 0 Å². The van der Waals surface area contributed by atoms with Crippen LogP contribution in [0.25, 0.3) is 0 Å². The van der Waals surface area contributed by atoms with Crippen molar-refractivity contribution in [3.63, 3.8) is 0 Å². The Balaban J connectivity index is 1.73. The lowest BCUT2D eigenvalue weighted by atomic mass is 10.2. The van der Waals surface area contributed by atoms with Gasteiger partial charge in [-0.25, -0.2) is 4.98 Å². The predicted octanol–water partition coefficient (Wildman–Crippen LogP) is 2.24. The molecule has 0 aliphatic heterocycles. The van der Waals surface area contributed by atoms with Crippen LogP contribution in [0.1, 0.15) is 18.3 Å². The molecule has 0 saturated carbocycles. The van der Waals surface area contributed by atoms with E-state index >= 15 is 0 Å². The lowest BCUT2D eigenvalue weighted by Gasteiger charge is -2.08. The van der Waals surface area contributed by atoms with Crippen LogP contribution < -0.4 is 5.32 Å². The van der Waals surface area contributed by atoms with Gasteiger partial charge in [-0.05, 0) is 5.56 Å². The summed E-state index contributed by atoms with van der Waals surface area (Å²) in [6, 6.07) is 10.5. The first-order chi connectivity index (χ1) is 8.40. The fourth-order valence-electron chi connectivity index (χ4n) is 1.89. The van der Waals surface area contributed by atoms with E-state index < -0.39 is 0 Å². The minimum Gasteiger partial charge on any atom is -0.334 e. The minimum absolute atomic E-state index is 0.928. The highest BCUT2D eigenvalue weighted by molar-refractivity contribution is 5.14. The Hall–Kier alpha value is -1.61. The van der Waals surface area contributed by atoms with E-state index in [1.165, 1.54) is 5.56 Å². The molecule has 0 spiro atoms. The Morgan fingerprint density at radius 1 is 1.24 bits per heavy atom. The van der Waals surface area contributed by atoms with Crippen molar-refractivity contribution >= 4 is 0 Å². The SMILES string of the molecule is CCc1nccn1CCNCc1ccccc1. The van der Waals surface area contributed by atoms with Crippen LogP contribution in [0.5, 0.6) is 0 Å². The summed E-state index contributed by atoms with van der Waals surface area (Å²) in [7, 11) is 0. The first-order valence-electron chi connectivity index (χ1n) is 6.15. The molecule has 0 saturated heterocycles. The molecule has 2 aromatic rings. The quantitative estimate of drug-likeness (QED) is 0.770. The first kappa shape index (κ1) is 11.9. The molecule has 0 bridgehead atoms. The summed E-state index contributed by atoms with van der Waals surface area (Å²) in [5.41, 5.74) is 1.33. The smallest absolute Gasteiger partial charge is 0.108 e. The highest BCUT2D eigenvalue weighted by Crippen LogP contribution is 1.99. The predicted molar refractivity (Wildman–Crippen MR) is 69.8 cm³/mol. The lowest BCUT2D eigenvalue weighted by Crippen LogP contribution is -2.20. The molecule has 17 heavy (non-hydrogen) atoms. The van der Waals surface area contributed by atoms with Crippen molar-refractivity contribution in [2.75, 3.05) is 6.54 Å². The van der Waals surface area contributed by atoms with Crippen LogP contribution in [-0.2, 0) is 19.5 Å². The van der Waals surface area contributed by atoms with Crippen molar-refractivity contribution in [2.45, 2.75) is 26.4 Å². The third kappa shape index (κ3) is 3.43. The van der Waals surface area contributed by atoms with Crippen LogP contribution in [0.3, 0.4) is 0 Å². The molecular formula is C14H19N3. The van der Waals surface area contributed by atoms with Gasteiger partial charge in [-0.1, -0.05) is 37.3 Å². The Kier molecular flexibility index (Phi) is 4.33. The summed E-state index contributed by atoms with van der Waals surface area (Å²) in [5.74, 6) is 1.16. The molecule has 0 fully saturated rings. The molecule has 0 aliphatic rings. The molecule has 1 aromatic carbocycles. The highest BCUT2D eigenvalue weighted by Gasteiger charge is 1.98. The summed E-state index contributed by atoms with van der Waals surface area (Å²) in [6.07, 6.45) is 4.91. The molecule has 1 N–H and O–H groups in total. The second-order valence-electron chi connectivity index (χ2n) is 4.05. The molecule has 0 unspecified atom stereocenters. The number of hydrogen-bond acceptors (Lipinski definition) is 2. The molecule has 0 aliphatic carbocycles. The standard InChI is InChI=1S/C14H19N3/c1-2-14-16-9-11-17(14)10-8-15-12-13-6-4-3-5-7-13/h3-7,9,11,15H,2,8,10,12H2,1H3. The van der Waals surface area contributed by atoms with Crippen molar-refractivity contribution in [3.8, 4) is 0 Å². The van der Waals surface area contributed by atoms with E-state index in [0.717, 1.165) is 31.9 Å². The largest absolute Gasteiger partial charge is 0.334 e. The molecule has 0 amide bonds. The van der Waals surface area contributed by atoms with Gasteiger partial charge in [0, 0.05) is 38.4 Å². The number of nitrogens with one attached hydrogen (secondary N) is 1. The molecule has 0 radical (unpaired) electrons. The van der Waals surface area contributed by atoms with Crippen molar-refractivity contribution < 1.29 is 0 Å². The molecule has 3 heteroatoms. The zero-order chi connectivity index (χ0) is 11.9. The van der Waals surface area contributed by atoms with Gasteiger partial charge in [0.05, 0.1) is 0 Å². The van der Waals surface area contributed by atoms with Crippen molar-refractivity contribution in [3.05, 3.63) is 54.1 Å². The van der Waals surface area contributed by atoms with Crippen LogP contribution in [0, 0.1) is 0 Å². The van der Waals surface area contributed by atoms with Gasteiger partial charge in [-0.2, -0.15) is 0 Å². The van der Waals surface area contributed by atoms with E-state index in [4.69, 9.17) is 0 Å². The number of aryl methyl sites for hydroxylation is 1. The molecule has 0 atom stereocenters. The molecular weight excluding hydrogens is 210 g/mol. The van der Waals surface area contributed by atoms with Crippen LogP contribution in [-0.4, -0.2) is 16.1 Å². The maximum Gasteiger partial charge on any atom is 0.108 e. The van der Waals surface area contributed by atoms with Gasteiger partial charge in [-0.3, -0.25) is 0 Å². The number of aromatic nitrogens is 2. The van der Waals surface area contributed by atoms with Gasteiger partial charge < -0.3 is 9.88 Å². The van der Waals surface area contributed by atoms with E-state index in [9.17, 15) is 0 Å². The number of imidazole rings is 1. The van der Waals surface area contributed by atoms with Crippen LogP contribution in [0.15, 0.2) is 42.7 Å². The normalized spacial score (nSPS) is 10.6. The summed E-state index contributed by atoms with van der Waals surface area (Å²) >= 11 is 0. The van der Waals surface area contributed by atoms with Gasteiger partial charge in [0.25, 0.3) is 0 Å².